The Morgan fingerprint density at radius 1 is 1.08 bits per heavy atom. The zero-order valence-corrected chi connectivity index (χ0v) is 18.2. The molecule has 1 unspecified atom stereocenters. The molecule has 0 aromatic rings. The molecule has 0 fully saturated rings. The van der Waals surface area contributed by atoms with Gasteiger partial charge in [0.1, 0.15) is 0 Å². The standard InChI is InChI=1S/C17H33NO4S.Na.H/c1-3-5-6-7-8-9-10-11-12-13-14-16(15-23(20,21)22)18-17(19)4-2;;/h4,16H,2-3,5-15H2,1H3,(H,18,19)(H,20,21,22);;/q;+1;-1. The van der Waals surface area contributed by atoms with E-state index in [1.807, 2.05) is 0 Å². The molecule has 0 spiro atoms. The normalized spacial score (nSPS) is 12.2. The fourth-order valence-corrected chi connectivity index (χ4v) is 3.35. The van der Waals surface area contributed by atoms with Crippen LogP contribution in [0.15, 0.2) is 12.7 Å². The molecule has 7 heteroatoms. The molecule has 0 aromatic heterocycles. The third kappa shape index (κ3) is 18.5. The van der Waals surface area contributed by atoms with E-state index in [-0.39, 0.29) is 31.0 Å². The first kappa shape index (κ1) is 26.4. The first-order chi connectivity index (χ1) is 10.9. The van der Waals surface area contributed by atoms with Crippen molar-refractivity contribution in [3.05, 3.63) is 12.7 Å². The summed E-state index contributed by atoms with van der Waals surface area (Å²) >= 11 is 0. The molecule has 0 aromatic carbocycles. The van der Waals surface area contributed by atoms with Crippen LogP contribution < -0.4 is 34.9 Å². The summed E-state index contributed by atoms with van der Waals surface area (Å²) in [5.74, 6) is -0.852. The minimum Gasteiger partial charge on any atom is -1.00 e. The smallest absolute Gasteiger partial charge is 1.00 e. The van der Waals surface area contributed by atoms with Gasteiger partial charge in [-0.2, -0.15) is 8.42 Å². The van der Waals surface area contributed by atoms with Gasteiger partial charge in [-0.1, -0.05) is 77.7 Å². The van der Waals surface area contributed by atoms with Crippen molar-refractivity contribution < 1.29 is 48.7 Å². The minimum absolute atomic E-state index is 0. The number of rotatable bonds is 15. The second kappa shape index (κ2) is 16.6. The maximum atomic E-state index is 11.3. The summed E-state index contributed by atoms with van der Waals surface area (Å²) in [6.45, 7) is 5.56. The zero-order chi connectivity index (χ0) is 17.6. The first-order valence-corrected chi connectivity index (χ1v) is 10.4. The molecular formula is C17H34NNaO4S. The monoisotopic (exact) mass is 371 g/mol. The van der Waals surface area contributed by atoms with Crippen molar-refractivity contribution in [1.29, 1.82) is 0 Å². The number of unbranched alkanes of at least 4 members (excludes halogenated alkanes) is 9. The van der Waals surface area contributed by atoms with Crippen LogP contribution >= 0.6 is 0 Å². The Hall–Kier alpha value is 0.120. The summed E-state index contributed by atoms with van der Waals surface area (Å²) in [6, 6.07) is -0.551. The average molecular weight is 372 g/mol. The van der Waals surface area contributed by atoms with Gasteiger partial charge in [0.25, 0.3) is 10.1 Å². The zero-order valence-electron chi connectivity index (χ0n) is 16.4. The first-order valence-electron chi connectivity index (χ1n) is 8.77. The molecule has 24 heavy (non-hydrogen) atoms. The maximum Gasteiger partial charge on any atom is 1.00 e. The summed E-state index contributed by atoms with van der Waals surface area (Å²) in [4.78, 5) is 11.3. The van der Waals surface area contributed by atoms with E-state index in [2.05, 4.69) is 18.8 Å². The van der Waals surface area contributed by atoms with Gasteiger partial charge >= 0.3 is 29.6 Å². The third-order valence-electron chi connectivity index (χ3n) is 3.85. The SMILES string of the molecule is C=CC(=O)NC(CCCCCCCCCCCC)CS(=O)(=O)O.[H-].[Na+]. The topological polar surface area (TPSA) is 83.5 Å². The molecule has 0 aliphatic rings. The van der Waals surface area contributed by atoms with Gasteiger partial charge in [-0.25, -0.2) is 0 Å². The van der Waals surface area contributed by atoms with Gasteiger partial charge < -0.3 is 6.74 Å². The molecule has 0 aliphatic carbocycles. The van der Waals surface area contributed by atoms with Crippen LogP contribution in [0.2, 0.25) is 0 Å². The number of amides is 1. The molecule has 1 atom stereocenters. The van der Waals surface area contributed by atoms with Crippen molar-refractivity contribution in [1.82, 2.24) is 5.32 Å². The Balaban J connectivity index is -0.00000242. The fraction of sp³-hybridized carbons (Fsp3) is 0.824. The van der Waals surface area contributed by atoms with Gasteiger partial charge in [-0.3, -0.25) is 9.35 Å². The summed E-state index contributed by atoms with van der Waals surface area (Å²) in [6.07, 6.45) is 13.6. The Bertz CT molecular complexity index is 432. The second-order valence-corrected chi connectivity index (χ2v) is 7.63. The third-order valence-corrected chi connectivity index (χ3v) is 4.67. The van der Waals surface area contributed by atoms with E-state index in [9.17, 15) is 13.2 Å². The Morgan fingerprint density at radius 2 is 1.54 bits per heavy atom. The molecule has 0 aliphatic heterocycles. The van der Waals surface area contributed by atoms with Gasteiger partial charge in [0.05, 0.1) is 5.75 Å². The predicted molar refractivity (Wildman–Crippen MR) is 96.1 cm³/mol. The van der Waals surface area contributed by atoms with Crippen LogP contribution in [-0.2, 0) is 14.9 Å². The van der Waals surface area contributed by atoms with Crippen LogP contribution in [0.5, 0.6) is 0 Å². The van der Waals surface area contributed by atoms with Crippen molar-refractivity contribution in [3.63, 3.8) is 0 Å². The Morgan fingerprint density at radius 3 is 1.96 bits per heavy atom. The molecule has 0 saturated heterocycles. The molecule has 0 rings (SSSR count). The van der Waals surface area contributed by atoms with Gasteiger partial charge in [-0.05, 0) is 12.5 Å². The number of carbonyl (C=O) groups is 1. The fourth-order valence-electron chi connectivity index (χ4n) is 2.59. The van der Waals surface area contributed by atoms with Gasteiger partial charge in [0.15, 0.2) is 0 Å². The van der Waals surface area contributed by atoms with Crippen LogP contribution in [-0.4, -0.2) is 30.7 Å². The van der Waals surface area contributed by atoms with Crippen LogP contribution in [0.4, 0.5) is 0 Å². The summed E-state index contributed by atoms with van der Waals surface area (Å²) in [7, 11) is -4.09. The minimum atomic E-state index is -4.09. The molecule has 138 valence electrons. The van der Waals surface area contributed by atoms with Gasteiger partial charge in [-0.15, -0.1) is 0 Å². The molecule has 5 nitrogen and oxygen atoms in total. The number of nitrogens with one attached hydrogen (secondary N) is 1. The number of hydrogen-bond donors (Lipinski definition) is 2. The average Bonchev–Trinajstić information content (AvgIpc) is 2.47. The van der Waals surface area contributed by atoms with E-state index in [0.717, 1.165) is 25.3 Å². The number of hydrogen-bond acceptors (Lipinski definition) is 3. The van der Waals surface area contributed by atoms with Crippen molar-refractivity contribution in [2.45, 2.75) is 83.6 Å². The molecule has 0 bridgehead atoms. The van der Waals surface area contributed by atoms with Crippen LogP contribution in [0, 0.1) is 0 Å². The maximum absolute atomic E-state index is 11.3. The molecule has 1 amide bonds. The summed E-state index contributed by atoms with van der Waals surface area (Å²) < 4.78 is 30.9. The van der Waals surface area contributed by atoms with E-state index < -0.39 is 27.8 Å². The van der Waals surface area contributed by atoms with E-state index in [1.165, 1.54) is 44.9 Å². The Kier molecular flexibility index (Phi) is 18.2. The van der Waals surface area contributed by atoms with E-state index in [0.29, 0.717) is 6.42 Å². The molecule has 0 saturated carbocycles. The van der Waals surface area contributed by atoms with Crippen molar-refractivity contribution >= 4 is 16.0 Å². The van der Waals surface area contributed by atoms with E-state index in [1.54, 1.807) is 0 Å². The van der Waals surface area contributed by atoms with Crippen LogP contribution in [0.3, 0.4) is 0 Å². The quantitative estimate of drug-likeness (QED) is 0.194. The number of carbonyl (C=O) groups excluding carboxylic acids is 1. The van der Waals surface area contributed by atoms with Crippen LogP contribution in [0.25, 0.3) is 0 Å². The largest absolute Gasteiger partial charge is 1.00 e. The summed E-state index contributed by atoms with van der Waals surface area (Å²) in [5, 5.41) is 2.56. The van der Waals surface area contributed by atoms with E-state index >= 15 is 0 Å². The summed E-state index contributed by atoms with van der Waals surface area (Å²) in [5.41, 5.74) is 0. The Labute approximate surface area is 171 Å². The van der Waals surface area contributed by atoms with Gasteiger partial charge in [0.2, 0.25) is 5.91 Å². The molecular weight excluding hydrogens is 337 g/mol. The van der Waals surface area contributed by atoms with Crippen molar-refractivity contribution in [2.75, 3.05) is 5.75 Å². The van der Waals surface area contributed by atoms with Crippen molar-refractivity contribution in [3.8, 4) is 0 Å². The molecule has 0 heterocycles. The van der Waals surface area contributed by atoms with Gasteiger partial charge in [0, 0.05) is 6.04 Å². The molecule has 2 N–H and O–H groups in total. The predicted octanol–water partition coefficient (Wildman–Crippen LogP) is 0.973. The van der Waals surface area contributed by atoms with E-state index in [4.69, 9.17) is 4.55 Å². The molecule has 0 radical (unpaired) electrons. The van der Waals surface area contributed by atoms with Crippen LogP contribution in [0.1, 0.15) is 79.0 Å². The van der Waals surface area contributed by atoms with Crippen molar-refractivity contribution in [2.24, 2.45) is 0 Å². The second-order valence-electron chi connectivity index (χ2n) is 6.13.